The van der Waals surface area contributed by atoms with Gasteiger partial charge in [-0.3, -0.25) is 0 Å². The third-order valence-electron chi connectivity index (χ3n) is 5.14. The van der Waals surface area contributed by atoms with Crippen molar-refractivity contribution >= 4 is 0 Å². The van der Waals surface area contributed by atoms with Gasteiger partial charge in [-0.2, -0.15) is 0 Å². The van der Waals surface area contributed by atoms with E-state index in [2.05, 4.69) is 26.0 Å². The Kier molecular flexibility index (Phi) is 15.8. The maximum Gasteiger partial charge on any atom is 0.161 e. The van der Waals surface area contributed by atoms with Crippen LogP contribution in [0.15, 0.2) is 18.2 Å². The van der Waals surface area contributed by atoms with Crippen molar-refractivity contribution < 1.29 is 14.6 Å². The first-order chi connectivity index (χ1) is 13.8. The summed E-state index contributed by atoms with van der Waals surface area (Å²) < 4.78 is 12.1. The van der Waals surface area contributed by atoms with E-state index in [4.69, 9.17) is 14.6 Å². The fourth-order valence-corrected chi connectivity index (χ4v) is 3.35. The van der Waals surface area contributed by atoms with Crippen LogP contribution in [0, 0.1) is 0 Å². The molecule has 1 rings (SSSR count). The molecule has 0 aliphatic carbocycles. The Balaban J connectivity index is 2.42. The molecule has 0 saturated heterocycles. The van der Waals surface area contributed by atoms with Crippen molar-refractivity contribution in [2.24, 2.45) is 0 Å². The molecule has 0 bridgehead atoms. The Morgan fingerprint density at radius 2 is 1.18 bits per heavy atom. The van der Waals surface area contributed by atoms with E-state index in [1.54, 1.807) is 0 Å². The van der Waals surface area contributed by atoms with Crippen molar-refractivity contribution in [1.29, 1.82) is 0 Å². The number of ether oxygens (including phenoxy) is 2. The molecule has 1 aromatic rings. The molecule has 0 aliphatic heterocycles. The zero-order chi connectivity index (χ0) is 20.3. The summed E-state index contributed by atoms with van der Waals surface area (Å²) in [5.41, 5.74) is 1.21. The number of aliphatic hydroxyl groups excluding tert-OH is 1. The highest BCUT2D eigenvalue weighted by Gasteiger charge is 2.07. The summed E-state index contributed by atoms with van der Waals surface area (Å²) in [4.78, 5) is 0. The van der Waals surface area contributed by atoms with Gasteiger partial charge in [-0.05, 0) is 43.4 Å². The van der Waals surface area contributed by atoms with Crippen molar-refractivity contribution in [2.45, 2.75) is 104 Å². The maximum atomic E-state index is 9.08. The smallest absolute Gasteiger partial charge is 0.161 e. The van der Waals surface area contributed by atoms with Crippen LogP contribution < -0.4 is 9.47 Å². The van der Waals surface area contributed by atoms with Crippen LogP contribution in [-0.2, 0) is 6.42 Å². The first-order valence-corrected chi connectivity index (χ1v) is 11.8. The third kappa shape index (κ3) is 12.3. The lowest BCUT2D eigenvalue weighted by Crippen LogP contribution is -2.03. The molecule has 0 aromatic heterocycles. The quantitative estimate of drug-likeness (QED) is 0.255. The van der Waals surface area contributed by atoms with Gasteiger partial charge in [0.25, 0.3) is 0 Å². The van der Waals surface area contributed by atoms with E-state index in [0.29, 0.717) is 0 Å². The fraction of sp³-hybridized carbons (Fsp3) is 0.760. The molecule has 0 fully saturated rings. The predicted molar refractivity (Wildman–Crippen MR) is 120 cm³/mol. The second-order valence-corrected chi connectivity index (χ2v) is 7.84. The summed E-state index contributed by atoms with van der Waals surface area (Å²) in [6.45, 7) is 6.24. The monoisotopic (exact) mass is 392 g/mol. The second-order valence-electron chi connectivity index (χ2n) is 7.84. The van der Waals surface area contributed by atoms with E-state index in [9.17, 15) is 0 Å². The number of rotatable bonds is 19. The van der Waals surface area contributed by atoms with Crippen molar-refractivity contribution in [3.05, 3.63) is 23.8 Å². The molecule has 0 atom stereocenters. The topological polar surface area (TPSA) is 38.7 Å². The van der Waals surface area contributed by atoms with Crippen LogP contribution >= 0.6 is 0 Å². The number of unbranched alkanes of at least 4 members (excludes halogenated alkanes) is 10. The van der Waals surface area contributed by atoms with Crippen molar-refractivity contribution in [2.75, 3.05) is 19.8 Å². The first kappa shape index (κ1) is 24.8. The lowest BCUT2D eigenvalue weighted by molar-refractivity contribution is 0.258. The highest BCUT2D eigenvalue weighted by Crippen LogP contribution is 2.29. The lowest BCUT2D eigenvalue weighted by atomic mass is 10.1. The molecule has 1 aromatic carbocycles. The summed E-state index contributed by atoms with van der Waals surface area (Å²) >= 11 is 0. The molecular formula is C25H44O3. The van der Waals surface area contributed by atoms with Gasteiger partial charge in [0.15, 0.2) is 11.5 Å². The predicted octanol–water partition coefficient (Wildman–Crippen LogP) is 7.09. The van der Waals surface area contributed by atoms with Gasteiger partial charge in [-0.1, -0.05) is 84.1 Å². The number of hydrogen-bond acceptors (Lipinski definition) is 3. The molecule has 0 unspecified atom stereocenters. The Labute approximate surface area is 173 Å². The summed E-state index contributed by atoms with van der Waals surface area (Å²) in [6, 6.07) is 6.24. The fourth-order valence-electron chi connectivity index (χ4n) is 3.35. The van der Waals surface area contributed by atoms with Gasteiger partial charge in [0.2, 0.25) is 0 Å². The standard InChI is InChI=1S/C25H44O3/c1-3-5-7-9-11-13-20-27-24-18-17-23(16-15-19-26)22-25(24)28-21-14-12-10-8-6-4-2/h17-18,22,26H,3-16,19-21H2,1-2H3. The van der Waals surface area contributed by atoms with Crippen LogP contribution in [0.4, 0.5) is 0 Å². The number of benzene rings is 1. The Bertz CT molecular complexity index is 473. The molecule has 3 heteroatoms. The Morgan fingerprint density at radius 1 is 0.643 bits per heavy atom. The number of hydrogen-bond donors (Lipinski definition) is 1. The molecule has 3 nitrogen and oxygen atoms in total. The van der Waals surface area contributed by atoms with Gasteiger partial charge in [0.1, 0.15) is 0 Å². The van der Waals surface area contributed by atoms with Crippen LogP contribution in [0.5, 0.6) is 11.5 Å². The largest absolute Gasteiger partial charge is 0.490 e. The van der Waals surface area contributed by atoms with Gasteiger partial charge in [-0.15, -0.1) is 0 Å². The number of aliphatic hydroxyl groups is 1. The van der Waals surface area contributed by atoms with E-state index < -0.39 is 0 Å². The van der Waals surface area contributed by atoms with Crippen LogP contribution in [0.1, 0.15) is 103 Å². The minimum atomic E-state index is 0.226. The third-order valence-corrected chi connectivity index (χ3v) is 5.14. The molecule has 0 spiro atoms. The zero-order valence-corrected chi connectivity index (χ0v) is 18.5. The summed E-state index contributed by atoms with van der Waals surface area (Å²) in [5, 5.41) is 9.08. The molecule has 0 heterocycles. The molecule has 162 valence electrons. The Morgan fingerprint density at radius 3 is 1.75 bits per heavy atom. The lowest BCUT2D eigenvalue weighted by Gasteiger charge is -2.14. The summed E-state index contributed by atoms with van der Waals surface area (Å²) in [5.74, 6) is 1.74. The first-order valence-electron chi connectivity index (χ1n) is 11.8. The molecule has 1 N–H and O–H groups in total. The van der Waals surface area contributed by atoms with Gasteiger partial charge >= 0.3 is 0 Å². The normalized spacial score (nSPS) is 11.0. The van der Waals surface area contributed by atoms with Gasteiger partial charge < -0.3 is 14.6 Å². The summed E-state index contributed by atoms with van der Waals surface area (Å²) in [7, 11) is 0. The maximum absolute atomic E-state index is 9.08. The van der Waals surface area contributed by atoms with Crippen molar-refractivity contribution in [3.63, 3.8) is 0 Å². The zero-order valence-electron chi connectivity index (χ0n) is 18.5. The van der Waals surface area contributed by atoms with Crippen molar-refractivity contribution in [1.82, 2.24) is 0 Å². The van der Waals surface area contributed by atoms with Gasteiger partial charge in [-0.25, -0.2) is 0 Å². The highest BCUT2D eigenvalue weighted by atomic mass is 16.5. The van der Waals surface area contributed by atoms with E-state index in [1.807, 2.05) is 6.07 Å². The average Bonchev–Trinajstić information content (AvgIpc) is 2.72. The molecule has 0 saturated carbocycles. The minimum absolute atomic E-state index is 0.226. The van der Waals surface area contributed by atoms with E-state index >= 15 is 0 Å². The van der Waals surface area contributed by atoms with E-state index in [0.717, 1.165) is 50.4 Å². The minimum Gasteiger partial charge on any atom is -0.490 e. The average molecular weight is 393 g/mol. The van der Waals surface area contributed by atoms with Crippen LogP contribution in [-0.4, -0.2) is 24.9 Å². The SMILES string of the molecule is CCCCCCCCOc1ccc(CCCO)cc1OCCCCCCCC. The molecule has 0 radical (unpaired) electrons. The van der Waals surface area contributed by atoms with Crippen molar-refractivity contribution in [3.8, 4) is 11.5 Å². The number of aryl methyl sites for hydroxylation is 1. The van der Waals surface area contributed by atoms with Gasteiger partial charge in [0.05, 0.1) is 13.2 Å². The van der Waals surface area contributed by atoms with E-state index in [1.165, 1.54) is 69.8 Å². The second kappa shape index (κ2) is 17.8. The van der Waals surface area contributed by atoms with E-state index in [-0.39, 0.29) is 6.61 Å². The molecular weight excluding hydrogens is 348 g/mol. The van der Waals surface area contributed by atoms with Gasteiger partial charge in [0, 0.05) is 6.61 Å². The Hall–Kier alpha value is -1.22. The summed E-state index contributed by atoms with van der Waals surface area (Å²) in [6.07, 6.45) is 16.9. The molecule has 28 heavy (non-hydrogen) atoms. The molecule has 0 amide bonds. The van der Waals surface area contributed by atoms with Crippen LogP contribution in [0.25, 0.3) is 0 Å². The van der Waals surface area contributed by atoms with Crippen LogP contribution in [0.3, 0.4) is 0 Å². The molecule has 0 aliphatic rings. The van der Waals surface area contributed by atoms with Crippen LogP contribution in [0.2, 0.25) is 0 Å². The highest BCUT2D eigenvalue weighted by molar-refractivity contribution is 5.43.